The van der Waals surface area contributed by atoms with Gasteiger partial charge >= 0.3 is 0 Å². The lowest BCUT2D eigenvalue weighted by atomic mass is 10.2. The first-order valence-corrected chi connectivity index (χ1v) is 9.05. The number of nitrogens with zero attached hydrogens (tertiary/aromatic N) is 1. The summed E-state index contributed by atoms with van der Waals surface area (Å²) in [6.07, 6.45) is 2.46. The van der Waals surface area contributed by atoms with Gasteiger partial charge in [0, 0.05) is 36.8 Å². The molecule has 120 valence electrons. The molecule has 22 heavy (non-hydrogen) atoms. The molecule has 0 unspecified atom stereocenters. The van der Waals surface area contributed by atoms with Crippen molar-refractivity contribution in [3.8, 4) is 0 Å². The van der Waals surface area contributed by atoms with Crippen LogP contribution in [0.4, 0.5) is 0 Å². The molecule has 1 fully saturated rings. The van der Waals surface area contributed by atoms with Crippen LogP contribution in [0.5, 0.6) is 0 Å². The first-order chi connectivity index (χ1) is 10.6. The van der Waals surface area contributed by atoms with Gasteiger partial charge in [0.05, 0.1) is 5.75 Å². The number of thioether (sulfide) groups is 1. The van der Waals surface area contributed by atoms with E-state index in [9.17, 15) is 9.59 Å². The fourth-order valence-electron chi connectivity index (χ4n) is 2.33. The first kappa shape index (κ1) is 17.2. The van der Waals surface area contributed by atoms with E-state index in [0.29, 0.717) is 18.7 Å². The van der Waals surface area contributed by atoms with Crippen molar-refractivity contribution in [1.29, 1.82) is 0 Å². The van der Waals surface area contributed by atoms with Crippen molar-refractivity contribution in [2.75, 3.05) is 25.4 Å². The molecule has 1 aromatic rings. The van der Waals surface area contributed by atoms with E-state index in [4.69, 9.17) is 11.6 Å². The highest BCUT2D eigenvalue weighted by Crippen LogP contribution is 2.15. The van der Waals surface area contributed by atoms with Gasteiger partial charge < -0.3 is 10.2 Å². The molecule has 1 N–H and O–H groups in total. The molecule has 0 spiro atoms. The fourth-order valence-corrected chi connectivity index (χ4v) is 3.28. The van der Waals surface area contributed by atoms with Gasteiger partial charge in [-0.2, -0.15) is 0 Å². The van der Waals surface area contributed by atoms with Gasteiger partial charge in [-0.1, -0.05) is 23.7 Å². The predicted octanol–water partition coefficient (Wildman–Crippen LogP) is 2.70. The quantitative estimate of drug-likeness (QED) is 0.740. The standard InChI is InChI=1S/C16H21ClN2O2S/c17-14-6-4-13(5-7-14)11-22-12-15(20)18-8-2-10-19-9-1-3-16(19)21/h4-7H,1-3,8-12H2,(H,18,20). The van der Waals surface area contributed by atoms with Gasteiger partial charge in [-0.3, -0.25) is 9.59 Å². The number of hydrogen-bond acceptors (Lipinski definition) is 3. The molecule has 0 aliphatic carbocycles. The maximum absolute atomic E-state index is 11.7. The lowest BCUT2D eigenvalue weighted by molar-refractivity contribution is -0.127. The van der Waals surface area contributed by atoms with Crippen LogP contribution in [-0.4, -0.2) is 42.1 Å². The summed E-state index contributed by atoms with van der Waals surface area (Å²) in [5, 5.41) is 3.62. The first-order valence-electron chi connectivity index (χ1n) is 7.52. The minimum absolute atomic E-state index is 0.0479. The molecule has 0 saturated carbocycles. The average Bonchev–Trinajstić information content (AvgIpc) is 2.91. The van der Waals surface area contributed by atoms with Crippen LogP contribution in [0.25, 0.3) is 0 Å². The molecule has 0 bridgehead atoms. The third kappa shape index (κ3) is 5.89. The Hall–Kier alpha value is -1.20. The number of benzene rings is 1. The van der Waals surface area contributed by atoms with Gasteiger partial charge in [-0.05, 0) is 30.5 Å². The van der Waals surface area contributed by atoms with E-state index in [1.54, 1.807) is 11.8 Å². The second-order valence-corrected chi connectivity index (χ2v) is 6.73. The van der Waals surface area contributed by atoms with Crippen molar-refractivity contribution in [3.05, 3.63) is 34.9 Å². The normalized spacial score (nSPS) is 14.4. The molecular weight excluding hydrogens is 320 g/mol. The van der Waals surface area contributed by atoms with Gasteiger partial charge in [0.25, 0.3) is 0 Å². The van der Waals surface area contributed by atoms with Crippen molar-refractivity contribution in [2.45, 2.75) is 25.0 Å². The number of carbonyl (C=O) groups is 2. The fraction of sp³-hybridized carbons (Fsp3) is 0.500. The summed E-state index contributed by atoms with van der Waals surface area (Å²) >= 11 is 7.41. The minimum Gasteiger partial charge on any atom is -0.355 e. The minimum atomic E-state index is 0.0479. The molecule has 6 heteroatoms. The Kier molecular flexibility index (Phi) is 7.06. The van der Waals surface area contributed by atoms with E-state index in [2.05, 4.69) is 5.32 Å². The number of carbonyl (C=O) groups excluding carboxylic acids is 2. The van der Waals surface area contributed by atoms with Crippen LogP contribution in [0.15, 0.2) is 24.3 Å². The lowest BCUT2D eigenvalue weighted by Crippen LogP contribution is -2.31. The summed E-state index contributed by atoms with van der Waals surface area (Å²) in [6.45, 7) is 2.24. The maximum atomic E-state index is 11.7. The van der Waals surface area contributed by atoms with Crippen LogP contribution in [0.1, 0.15) is 24.8 Å². The van der Waals surface area contributed by atoms with E-state index >= 15 is 0 Å². The Balaban J connectivity index is 1.52. The lowest BCUT2D eigenvalue weighted by Gasteiger charge is -2.15. The smallest absolute Gasteiger partial charge is 0.230 e. The number of likely N-dealkylation sites (tertiary alicyclic amines) is 1. The molecule has 1 aliphatic rings. The molecule has 1 heterocycles. The van der Waals surface area contributed by atoms with Gasteiger partial charge in [0.1, 0.15) is 0 Å². The van der Waals surface area contributed by atoms with Crippen molar-refractivity contribution in [1.82, 2.24) is 10.2 Å². The van der Waals surface area contributed by atoms with E-state index in [1.807, 2.05) is 29.2 Å². The molecule has 1 aromatic carbocycles. The highest BCUT2D eigenvalue weighted by atomic mass is 35.5. The van der Waals surface area contributed by atoms with E-state index in [1.165, 1.54) is 0 Å². The molecule has 2 amide bonds. The van der Waals surface area contributed by atoms with Gasteiger partial charge in [0.2, 0.25) is 11.8 Å². The Morgan fingerprint density at radius 2 is 2.09 bits per heavy atom. The average molecular weight is 341 g/mol. The molecule has 1 aliphatic heterocycles. The molecule has 1 saturated heterocycles. The topological polar surface area (TPSA) is 49.4 Å². The van der Waals surface area contributed by atoms with Crippen LogP contribution in [-0.2, 0) is 15.3 Å². The third-order valence-electron chi connectivity index (χ3n) is 3.51. The van der Waals surface area contributed by atoms with Crippen molar-refractivity contribution in [2.24, 2.45) is 0 Å². The van der Waals surface area contributed by atoms with Crippen LogP contribution in [0, 0.1) is 0 Å². The summed E-state index contributed by atoms with van der Waals surface area (Å²) in [5.41, 5.74) is 1.16. The maximum Gasteiger partial charge on any atom is 0.230 e. The highest BCUT2D eigenvalue weighted by molar-refractivity contribution is 7.99. The van der Waals surface area contributed by atoms with Crippen molar-refractivity contribution in [3.63, 3.8) is 0 Å². The summed E-state index contributed by atoms with van der Waals surface area (Å²) in [6, 6.07) is 7.66. The largest absolute Gasteiger partial charge is 0.355 e. The van der Waals surface area contributed by atoms with E-state index in [-0.39, 0.29) is 11.8 Å². The van der Waals surface area contributed by atoms with Crippen LogP contribution < -0.4 is 5.32 Å². The number of halogens is 1. The number of hydrogen-bond donors (Lipinski definition) is 1. The van der Waals surface area contributed by atoms with Gasteiger partial charge in [-0.25, -0.2) is 0 Å². The van der Waals surface area contributed by atoms with Crippen LogP contribution in [0.3, 0.4) is 0 Å². The van der Waals surface area contributed by atoms with Gasteiger partial charge in [0.15, 0.2) is 0 Å². The molecule has 2 rings (SSSR count). The Morgan fingerprint density at radius 3 is 2.77 bits per heavy atom. The zero-order chi connectivity index (χ0) is 15.8. The zero-order valence-corrected chi connectivity index (χ0v) is 14.1. The third-order valence-corrected chi connectivity index (χ3v) is 4.77. The number of rotatable bonds is 8. The Morgan fingerprint density at radius 1 is 1.32 bits per heavy atom. The second kappa shape index (κ2) is 9.06. The summed E-state index contributed by atoms with van der Waals surface area (Å²) < 4.78 is 0. The summed E-state index contributed by atoms with van der Waals surface area (Å²) in [4.78, 5) is 25.0. The van der Waals surface area contributed by atoms with Crippen molar-refractivity contribution >= 4 is 35.2 Å². The van der Waals surface area contributed by atoms with E-state index in [0.717, 1.165) is 42.3 Å². The van der Waals surface area contributed by atoms with Crippen LogP contribution >= 0.6 is 23.4 Å². The zero-order valence-electron chi connectivity index (χ0n) is 12.5. The Labute approximate surface area is 140 Å². The number of amides is 2. The molecule has 0 atom stereocenters. The van der Waals surface area contributed by atoms with E-state index < -0.39 is 0 Å². The number of nitrogens with one attached hydrogen (secondary N) is 1. The van der Waals surface area contributed by atoms with Crippen LogP contribution in [0.2, 0.25) is 5.02 Å². The summed E-state index contributed by atoms with van der Waals surface area (Å²) in [7, 11) is 0. The molecule has 0 aromatic heterocycles. The van der Waals surface area contributed by atoms with Crippen molar-refractivity contribution < 1.29 is 9.59 Å². The summed E-state index contributed by atoms with van der Waals surface area (Å²) in [5.74, 6) is 1.54. The van der Waals surface area contributed by atoms with Gasteiger partial charge in [-0.15, -0.1) is 11.8 Å². The Bertz CT molecular complexity index is 507. The molecular formula is C16H21ClN2O2S. The highest BCUT2D eigenvalue weighted by Gasteiger charge is 2.18. The molecule has 0 radical (unpaired) electrons. The predicted molar refractivity (Wildman–Crippen MR) is 91.1 cm³/mol. The molecule has 4 nitrogen and oxygen atoms in total. The second-order valence-electron chi connectivity index (χ2n) is 5.31. The SMILES string of the molecule is O=C(CSCc1ccc(Cl)cc1)NCCCN1CCCC1=O. The monoisotopic (exact) mass is 340 g/mol.